The monoisotopic (exact) mass is 488 g/mol. The molecule has 1 N–H and O–H groups in total. The first kappa shape index (κ1) is 22.4. The van der Waals surface area contributed by atoms with Gasteiger partial charge < -0.3 is 9.63 Å². The summed E-state index contributed by atoms with van der Waals surface area (Å²) in [6.45, 7) is 2.04. The van der Waals surface area contributed by atoms with Crippen molar-refractivity contribution in [3.8, 4) is 22.6 Å². The number of aromatic hydroxyl groups is 1. The van der Waals surface area contributed by atoms with E-state index in [1.54, 1.807) is 12.1 Å². The smallest absolute Gasteiger partial charge is 0.296 e. The summed E-state index contributed by atoms with van der Waals surface area (Å²) in [6.07, 6.45) is 0. The average Bonchev–Trinajstić information content (AvgIpc) is 2.92. The van der Waals surface area contributed by atoms with Gasteiger partial charge in [0, 0.05) is 5.56 Å². The topological polar surface area (TPSA) is 46.5 Å². The van der Waals surface area contributed by atoms with Crippen LogP contribution in [-0.2, 0) is 9.72 Å². The quantitative estimate of drug-likeness (QED) is 0.209. The van der Waals surface area contributed by atoms with Crippen LogP contribution in [0.4, 0.5) is 0 Å². The van der Waals surface area contributed by atoms with Crippen LogP contribution in [0.15, 0.2) is 127 Å². The number of para-hydroxylation sites is 1. The summed E-state index contributed by atoms with van der Waals surface area (Å²) in [6, 6.07) is 40.7. The van der Waals surface area contributed by atoms with Gasteiger partial charge in [-0.1, -0.05) is 109 Å². The second kappa shape index (κ2) is 8.55. The molecular weight excluding hydrogens is 463 g/mol. The van der Waals surface area contributed by atoms with E-state index in [0.717, 1.165) is 33.4 Å². The standard InChI is InChI=1S/C32H25O3P/c1-23-15-17-25(18-16-23)32(24-9-3-2-4-10-24,26-19-21-27(33)22-20-26)36(34)31-14-8-6-12-29(31)28-11-5-7-13-30(28)35-36/h2-22,33H,1H3. The van der Waals surface area contributed by atoms with E-state index in [-0.39, 0.29) is 5.75 Å². The Morgan fingerprint density at radius 2 is 1.14 bits per heavy atom. The molecule has 0 saturated carbocycles. The first-order chi connectivity index (χ1) is 17.5. The van der Waals surface area contributed by atoms with E-state index >= 15 is 4.57 Å². The van der Waals surface area contributed by atoms with Gasteiger partial charge in [0.15, 0.2) is 0 Å². The van der Waals surface area contributed by atoms with Gasteiger partial charge in [-0.05, 0) is 53.4 Å². The molecule has 176 valence electrons. The zero-order valence-electron chi connectivity index (χ0n) is 19.8. The molecule has 1 aliphatic heterocycles. The van der Waals surface area contributed by atoms with Crippen LogP contribution in [0.2, 0.25) is 0 Å². The Balaban J connectivity index is 1.79. The van der Waals surface area contributed by atoms with E-state index in [1.807, 2.05) is 122 Å². The largest absolute Gasteiger partial charge is 0.508 e. The van der Waals surface area contributed by atoms with Crippen molar-refractivity contribution < 1.29 is 14.2 Å². The number of fused-ring (bicyclic) bond motifs is 3. The molecule has 0 aliphatic carbocycles. The summed E-state index contributed by atoms with van der Waals surface area (Å²) in [4.78, 5) is 0. The van der Waals surface area contributed by atoms with Crippen LogP contribution in [0.5, 0.6) is 11.5 Å². The maximum atomic E-state index is 15.9. The van der Waals surface area contributed by atoms with Crippen molar-refractivity contribution in [1.82, 2.24) is 0 Å². The minimum Gasteiger partial charge on any atom is -0.508 e. The Morgan fingerprint density at radius 1 is 0.611 bits per heavy atom. The van der Waals surface area contributed by atoms with Gasteiger partial charge in [-0.15, -0.1) is 0 Å². The Morgan fingerprint density at radius 3 is 1.83 bits per heavy atom. The van der Waals surface area contributed by atoms with Crippen LogP contribution >= 0.6 is 7.37 Å². The molecule has 1 heterocycles. The molecule has 36 heavy (non-hydrogen) atoms. The van der Waals surface area contributed by atoms with Crippen LogP contribution in [0.1, 0.15) is 22.3 Å². The van der Waals surface area contributed by atoms with Gasteiger partial charge in [-0.2, -0.15) is 0 Å². The molecule has 3 nitrogen and oxygen atoms in total. The van der Waals surface area contributed by atoms with Gasteiger partial charge in [-0.25, -0.2) is 0 Å². The van der Waals surface area contributed by atoms with Gasteiger partial charge in [-0.3, -0.25) is 4.57 Å². The van der Waals surface area contributed by atoms with Crippen LogP contribution in [0.3, 0.4) is 0 Å². The van der Waals surface area contributed by atoms with Gasteiger partial charge in [0.1, 0.15) is 16.7 Å². The fourth-order valence-electron chi connectivity index (χ4n) is 5.35. The van der Waals surface area contributed by atoms with Crippen molar-refractivity contribution in [2.45, 2.75) is 12.1 Å². The summed E-state index contributed by atoms with van der Waals surface area (Å²) in [5, 5.41) is 9.68. The number of phenolic OH excluding ortho intramolecular Hbond substituents is 1. The molecule has 5 aromatic carbocycles. The molecule has 0 spiro atoms. The fourth-order valence-corrected chi connectivity index (χ4v) is 8.64. The maximum Gasteiger partial charge on any atom is 0.296 e. The maximum absolute atomic E-state index is 15.9. The molecule has 0 bridgehead atoms. The van der Waals surface area contributed by atoms with Gasteiger partial charge in [0.2, 0.25) is 0 Å². The average molecular weight is 489 g/mol. The van der Waals surface area contributed by atoms with Crippen LogP contribution in [0.25, 0.3) is 11.1 Å². The third-order valence-corrected chi connectivity index (χ3v) is 10.1. The number of benzene rings is 5. The van der Waals surface area contributed by atoms with Crippen molar-refractivity contribution in [3.63, 3.8) is 0 Å². The number of hydrogen-bond donors (Lipinski definition) is 1. The minimum atomic E-state index is -3.75. The molecule has 0 saturated heterocycles. The number of hydrogen-bond acceptors (Lipinski definition) is 3. The van der Waals surface area contributed by atoms with Crippen molar-refractivity contribution in [2.24, 2.45) is 0 Å². The summed E-state index contributed by atoms with van der Waals surface area (Å²) in [5.74, 6) is 0.754. The van der Waals surface area contributed by atoms with E-state index < -0.39 is 12.5 Å². The van der Waals surface area contributed by atoms with Crippen molar-refractivity contribution in [1.29, 1.82) is 0 Å². The Hall–Kier alpha value is -4.07. The lowest BCUT2D eigenvalue weighted by atomic mass is 9.83. The molecular formula is C32H25O3P. The third-order valence-electron chi connectivity index (χ3n) is 7.01. The second-order valence-corrected chi connectivity index (χ2v) is 11.6. The van der Waals surface area contributed by atoms with Crippen LogP contribution in [-0.4, -0.2) is 5.11 Å². The first-order valence-electron chi connectivity index (χ1n) is 11.9. The molecule has 0 radical (unpaired) electrons. The molecule has 0 amide bonds. The van der Waals surface area contributed by atoms with Gasteiger partial charge in [0.25, 0.3) is 7.37 Å². The summed E-state index contributed by atoms with van der Waals surface area (Å²) in [7, 11) is -3.75. The van der Waals surface area contributed by atoms with E-state index in [9.17, 15) is 5.11 Å². The first-order valence-corrected chi connectivity index (χ1v) is 13.6. The number of phenols is 1. The van der Waals surface area contributed by atoms with E-state index in [4.69, 9.17) is 4.52 Å². The second-order valence-electron chi connectivity index (χ2n) is 9.15. The minimum absolute atomic E-state index is 0.151. The SMILES string of the molecule is Cc1ccc(C(c2ccccc2)(c2ccc(O)cc2)P2(=O)Oc3ccccc3-c3ccccc32)cc1. The summed E-state index contributed by atoms with van der Waals surface area (Å²) < 4.78 is 22.7. The molecule has 0 aromatic heterocycles. The molecule has 1 aliphatic rings. The lowest BCUT2D eigenvalue weighted by molar-refractivity contribution is 0.466. The summed E-state index contributed by atoms with van der Waals surface area (Å²) >= 11 is 0. The van der Waals surface area contributed by atoms with Crippen molar-refractivity contribution in [2.75, 3.05) is 0 Å². The van der Waals surface area contributed by atoms with Gasteiger partial charge in [0.05, 0.1) is 5.30 Å². The van der Waals surface area contributed by atoms with Crippen molar-refractivity contribution in [3.05, 3.63) is 150 Å². The molecule has 6 rings (SSSR count). The number of rotatable bonds is 4. The summed E-state index contributed by atoms with van der Waals surface area (Å²) in [5.41, 5.74) is 5.46. The molecule has 2 atom stereocenters. The predicted octanol–water partition coefficient (Wildman–Crippen LogP) is 7.66. The Bertz CT molecular complexity index is 1540. The fraction of sp³-hybridized carbons (Fsp3) is 0.0625. The third kappa shape index (κ3) is 3.24. The predicted molar refractivity (Wildman–Crippen MR) is 145 cm³/mol. The zero-order chi connectivity index (χ0) is 24.8. The number of aryl methyl sites for hydroxylation is 1. The van der Waals surface area contributed by atoms with E-state index in [0.29, 0.717) is 11.1 Å². The Labute approximate surface area is 211 Å². The molecule has 5 aromatic rings. The Kier molecular flexibility index (Phi) is 5.32. The van der Waals surface area contributed by atoms with E-state index in [1.165, 1.54) is 0 Å². The highest BCUT2D eigenvalue weighted by molar-refractivity contribution is 7.69. The zero-order valence-corrected chi connectivity index (χ0v) is 20.7. The van der Waals surface area contributed by atoms with Crippen LogP contribution < -0.4 is 9.83 Å². The van der Waals surface area contributed by atoms with Crippen LogP contribution in [0, 0.1) is 6.92 Å². The highest BCUT2D eigenvalue weighted by Gasteiger charge is 2.57. The molecule has 2 unspecified atom stereocenters. The lowest BCUT2D eigenvalue weighted by Gasteiger charge is -2.44. The molecule has 4 heteroatoms. The molecule has 0 fully saturated rings. The van der Waals surface area contributed by atoms with E-state index in [2.05, 4.69) is 0 Å². The lowest BCUT2D eigenvalue weighted by Crippen LogP contribution is -2.37. The highest BCUT2D eigenvalue weighted by atomic mass is 31.2. The van der Waals surface area contributed by atoms with Crippen molar-refractivity contribution >= 4 is 12.7 Å². The highest BCUT2D eigenvalue weighted by Crippen LogP contribution is 2.71. The van der Waals surface area contributed by atoms with Gasteiger partial charge >= 0.3 is 0 Å². The normalized spacial score (nSPS) is 17.8.